The van der Waals surface area contributed by atoms with E-state index in [0.29, 0.717) is 12.6 Å². The first-order valence-corrected chi connectivity index (χ1v) is 5.60. The van der Waals surface area contributed by atoms with Crippen LogP contribution in [-0.2, 0) is 11.3 Å². The van der Waals surface area contributed by atoms with Crippen LogP contribution in [0.15, 0.2) is 24.5 Å². The van der Waals surface area contributed by atoms with Gasteiger partial charge >= 0.3 is 5.97 Å². The van der Waals surface area contributed by atoms with Gasteiger partial charge in [-0.1, -0.05) is 0 Å². The van der Waals surface area contributed by atoms with Crippen molar-refractivity contribution in [1.29, 1.82) is 0 Å². The van der Waals surface area contributed by atoms with Crippen molar-refractivity contribution in [2.45, 2.75) is 31.8 Å². The Morgan fingerprint density at radius 3 is 2.69 bits per heavy atom. The molecule has 0 bridgehead atoms. The molecule has 1 fully saturated rings. The van der Waals surface area contributed by atoms with E-state index in [1.807, 2.05) is 12.1 Å². The van der Waals surface area contributed by atoms with Gasteiger partial charge in [-0.3, -0.25) is 14.7 Å². The van der Waals surface area contributed by atoms with Crippen LogP contribution in [0.4, 0.5) is 0 Å². The molecular weight excluding hydrogens is 204 g/mol. The highest BCUT2D eigenvalue weighted by molar-refractivity contribution is 5.66. The molecule has 0 spiro atoms. The van der Waals surface area contributed by atoms with Crippen molar-refractivity contribution in [2.24, 2.45) is 0 Å². The Balaban J connectivity index is 1.90. The zero-order valence-electron chi connectivity index (χ0n) is 9.17. The number of carbonyl (C=O) groups is 1. The van der Waals surface area contributed by atoms with Crippen LogP contribution in [0.3, 0.4) is 0 Å². The third-order valence-corrected chi connectivity index (χ3v) is 2.81. The summed E-state index contributed by atoms with van der Waals surface area (Å²) in [5, 5.41) is 8.69. The fourth-order valence-electron chi connectivity index (χ4n) is 1.79. The van der Waals surface area contributed by atoms with E-state index in [1.54, 1.807) is 12.4 Å². The Hall–Kier alpha value is -1.42. The van der Waals surface area contributed by atoms with Gasteiger partial charge in [0.05, 0.1) is 6.42 Å². The average Bonchev–Trinajstić information content (AvgIpc) is 3.09. The normalized spacial score (nSPS) is 15.3. The third-order valence-electron chi connectivity index (χ3n) is 2.81. The summed E-state index contributed by atoms with van der Waals surface area (Å²) >= 11 is 0. The number of aliphatic carboxylic acids is 1. The minimum atomic E-state index is -0.722. The number of aromatic nitrogens is 1. The van der Waals surface area contributed by atoms with Gasteiger partial charge in [0.25, 0.3) is 0 Å². The van der Waals surface area contributed by atoms with Gasteiger partial charge in [0, 0.05) is 31.5 Å². The van der Waals surface area contributed by atoms with E-state index in [2.05, 4.69) is 9.88 Å². The van der Waals surface area contributed by atoms with E-state index in [9.17, 15) is 4.79 Å². The van der Waals surface area contributed by atoms with Crippen molar-refractivity contribution in [3.05, 3.63) is 30.1 Å². The van der Waals surface area contributed by atoms with Gasteiger partial charge in [-0.05, 0) is 30.5 Å². The molecule has 16 heavy (non-hydrogen) atoms. The molecule has 1 aromatic rings. The molecule has 0 aromatic carbocycles. The quantitative estimate of drug-likeness (QED) is 0.789. The van der Waals surface area contributed by atoms with E-state index in [-0.39, 0.29) is 6.42 Å². The molecule has 0 saturated heterocycles. The number of nitrogens with zero attached hydrogens (tertiary/aromatic N) is 2. The number of carboxylic acids is 1. The first kappa shape index (κ1) is 11.1. The van der Waals surface area contributed by atoms with Crippen LogP contribution in [0, 0.1) is 0 Å². The molecule has 0 amide bonds. The maximum atomic E-state index is 10.6. The van der Waals surface area contributed by atoms with Crippen molar-refractivity contribution >= 4 is 5.97 Å². The minimum Gasteiger partial charge on any atom is -0.481 e. The summed E-state index contributed by atoms with van der Waals surface area (Å²) in [6.45, 7) is 1.47. The van der Waals surface area contributed by atoms with Crippen LogP contribution >= 0.6 is 0 Å². The Bertz CT molecular complexity index is 349. The van der Waals surface area contributed by atoms with E-state index < -0.39 is 5.97 Å². The van der Waals surface area contributed by atoms with E-state index in [0.717, 1.165) is 6.54 Å². The van der Waals surface area contributed by atoms with E-state index >= 15 is 0 Å². The van der Waals surface area contributed by atoms with Crippen molar-refractivity contribution in [1.82, 2.24) is 9.88 Å². The van der Waals surface area contributed by atoms with Crippen LogP contribution in [0.5, 0.6) is 0 Å². The molecule has 1 saturated carbocycles. The van der Waals surface area contributed by atoms with Crippen molar-refractivity contribution in [3.63, 3.8) is 0 Å². The van der Waals surface area contributed by atoms with Gasteiger partial charge in [0.2, 0.25) is 0 Å². The summed E-state index contributed by atoms with van der Waals surface area (Å²) in [6.07, 6.45) is 6.17. The van der Waals surface area contributed by atoms with E-state index in [4.69, 9.17) is 5.11 Å². The summed E-state index contributed by atoms with van der Waals surface area (Å²) in [6, 6.07) is 4.55. The zero-order chi connectivity index (χ0) is 11.4. The number of hydrogen-bond acceptors (Lipinski definition) is 3. The molecule has 0 aliphatic heterocycles. The Morgan fingerprint density at radius 2 is 2.12 bits per heavy atom. The van der Waals surface area contributed by atoms with Gasteiger partial charge in [-0.2, -0.15) is 0 Å². The van der Waals surface area contributed by atoms with E-state index in [1.165, 1.54) is 18.4 Å². The monoisotopic (exact) mass is 220 g/mol. The molecule has 1 aromatic heterocycles. The Kier molecular flexibility index (Phi) is 3.51. The van der Waals surface area contributed by atoms with Gasteiger partial charge in [0.15, 0.2) is 0 Å². The summed E-state index contributed by atoms with van der Waals surface area (Å²) in [5.41, 5.74) is 1.20. The van der Waals surface area contributed by atoms with Crippen LogP contribution in [0.2, 0.25) is 0 Å². The SMILES string of the molecule is O=C(O)CCN(Cc1ccncc1)C1CC1. The predicted molar refractivity (Wildman–Crippen MR) is 59.9 cm³/mol. The molecule has 1 aliphatic carbocycles. The fraction of sp³-hybridized carbons (Fsp3) is 0.500. The molecule has 1 aliphatic rings. The first-order chi connectivity index (χ1) is 7.75. The summed E-state index contributed by atoms with van der Waals surface area (Å²) < 4.78 is 0. The zero-order valence-corrected chi connectivity index (χ0v) is 9.17. The second-order valence-corrected chi connectivity index (χ2v) is 4.20. The van der Waals surface area contributed by atoms with Crippen LogP contribution in [0.25, 0.3) is 0 Å². The Labute approximate surface area is 94.9 Å². The number of hydrogen-bond donors (Lipinski definition) is 1. The summed E-state index contributed by atoms with van der Waals surface area (Å²) in [4.78, 5) is 16.8. The molecule has 1 heterocycles. The van der Waals surface area contributed by atoms with Gasteiger partial charge < -0.3 is 5.11 Å². The molecule has 4 heteroatoms. The molecule has 1 N–H and O–H groups in total. The third kappa shape index (κ3) is 3.31. The molecular formula is C12H16N2O2. The molecule has 86 valence electrons. The summed E-state index contributed by atoms with van der Waals surface area (Å²) in [5.74, 6) is -0.722. The largest absolute Gasteiger partial charge is 0.481 e. The molecule has 0 atom stereocenters. The highest BCUT2D eigenvalue weighted by atomic mass is 16.4. The highest BCUT2D eigenvalue weighted by Gasteiger charge is 2.28. The lowest BCUT2D eigenvalue weighted by molar-refractivity contribution is -0.137. The maximum absolute atomic E-state index is 10.6. The molecule has 4 nitrogen and oxygen atoms in total. The Morgan fingerprint density at radius 1 is 1.44 bits per heavy atom. The lowest BCUT2D eigenvalue weighted by Gasteiger charge is -2.20. The number of rotatable bonds is 6. The maximum Gasteiger partial charge on any atom is 0.304 e. The lowest BCUT2D eigenvalue weighted by atomic mass is 10.2. The number of pyridine rings is 1. The standard InChI is InChI=1S/C12H16N2O2/c15-12(16)5-8-14(11-1-2-11)9-10-3-6-13-7-4-10/h3-4,6-7,11H,1-2,5,8-9H2,(H,15,16). The van der Waals surface area contributed by atoms with Crippen LogP contribution < -0.4 is 0 Å². The smallest absolute Gasteiger partial charge is 0.304 e. The van der Waals surface area contributed by atoms with Gasteiger partial charge in [-0.15, -0.1) is 0 Å². The average molecular weight is 220 g/mol. The second kappa shape index (κ2) is 5.07. The second-order valence-electron chi connectivity index (χ2n) is 4.20. The minimum absolute atomic E-state index is 0.224. The first-order valence-electron chi connectivity index (χ1n) is 5.60. The topological polar surface area (TPSA) is 53.4 Å². The van der Waals surface area contributed by atoms with Crippen molar-refractivity contribution < 1.29 is 9.90 Å². The number of carboxylic acid groups (broad SMARTS) is 1. The predicted octanol–water partition coefficient (Wildman–Crippen LogP) is 1.52. The van der Waals surface area contributed by atoms with Crippen molar-refractivity contribution in [2.75, 3.05) is 6.54 Å². The van der Waals surface area contributed by atoms with Crippen LogP contribution in [-0.4, -0.2) is 33.5 Å². The molecule has 0 radical (unpaired) electrons. The van der Waals surface area contributed by atoms with Gasteiger partial charge in [-0.25, -0.2) is 0 Å². The van der Waals surface area contributed by atoms with Crippen LogP contribution in [0.1, 0.15) is 24.8 Å². The highest BCUT2D eigenvalue weighted by Crippen LogP contribution is 2.28. The van der Waals surface area contributed by atoms with Gasteiger partial charge in [0.1, 0.15) is 0 Å². The summed E-state index contributed by atoms with van der Waals surface area (Å²) in [7, 11) is 0. The van der Waals surface area contributed by atoms with Crippen molar-refractivity contribution in [3.8, 4) is 0 Å². The molecule has 0 unspecified atom stereocenters. The molecule has 2 rings (SSSR count). The fourth-order valence-corrected chi connectivity index (χ4v) is 1.79. The lowest BCUT2D eigenvalue weighted by Crippen LogP contribution is -2.28.